The lowest BCUT2D eigenvalue weighted by atomic mass is 10.2. The SMILES string of the molecule is C.CCC(C)O[Si](C)(C)C(C)(C)C. The summed E-state index contributed by atoms with van der Waals surface area (Å²) in [7, 11) is -1.49. The fraction of sp³-hybridized carbons (Fsp3) is 1.00. The van der Waals surface area contributed by atoms with E-state index >= 15 is 0 Å². The standard InChI is InChI=1S/C10H24OSi.CH4/c1-8-9(2)11-12(6,7)10(3,4)5;/h9H,8H2,1-7H3;1H4. The molecule has 0 heterocycles. The van der Waals surface area contributed by atoms with E-state index in [0.29, 0.717) is 11.1 Å². The zero-order chi connectivity index (χ0) is 9.99. The van der Waals surface area contributed by atoms with Gasteiger partial charge in [-0.1, -0.05) is 35.1 Å². The molecule has 2 heteroatoms. The van der Waals surface area contributed by atoms with Crippen LogP contribution in [0.3, 0.4) is 0 Å². The van der Waals surface area contributed by atoms with Crippen LogP contribution in [-0.2, 0) is 4.43 Å². The van der Waals surface area contributed by atoms with Crippen molar-refractivity contribution in [2.24, 2.45) is 0 Å². The molecule has 0 aliphatic heterocycles. The van der Waals surface area contributed by atoms with Gasteiger partial charge in [-0.25, -0.2) is 0 Å². The van der Waals surface area contributed by atoms with E-state index in [-0.39, 0.29) is 7.43 Å². The van der Waals surface area contributed by atoms with E-state index in [9.17, 15) is 0 Å². The van der Waals surface area contributed by atoms with E-state index < -0.39 is 8.32 Å². The highest BCUT2D eigenvalue weighted by molar-refractivity contribution is 6.74. The van der Waals surface area contributed by atoms with Gasteiger partial charge in [0.2, 0.25) is 0 Å². The fourth-order valence-corrected chi connectivity index (χ4v) is 2.29. The lowest BCUT2D eigenvalue weighted by Gasteiger charge is -2.38. The second-order valence-corrected chi connectivity index (χ2v) is 9.85. The molecule has 0 spiro atoms. The van der Waals surface area contributed by atoms with Gasteiger partial charge in [0.05, 0.1) is 0 Å². The molecule has 0 bridgehead atoms. The van der Waals surface area contributed by atoms with E-state index in [1.807, 2.05) is 0 Å². The predicted octanol–water partition coefficient (Wildman–Crippen LogP) is 4.44. The summed E-state index contributed by atoms with van der Waals surface area (Å²) in [6, 6.07) is 0. The van der Waals surface area contributed by atoms with Crippen LogP contribution >= 0.6 is 0 Å². The van der Waals surface area contributed by atoms with Crippen molar-refractivity contribution < 1.29 is 4.43 Å². The van der Waals surface area contributed by atoms with Crippen LogP contribution in [0.15, 0.2) is 0 Å². The third-order valence-electron chi connectivity index (χ3n) is 2.88. The maximum absolute atomic E-state index is 6.09. The maximum atomic E-state index is 6.09. The van der Waals surface area contributed by atoms with Crippen molar-refractivity contribution in [2.75, 3.05) is 0 Å². The first kappa shape index (κ1) is 15.6. The lowest BCUT2D eigenvalue weighted by Crippen LogP contribution is -2.43. The van der Waals surface area contributed by atoms with E-state index in [1.54, 1.807) is 0 Å². The van der Waals surface area contributed by atoms with Crippen LogP contribution in [0.1, 0.15) is 48.5 Å². The third kappa shape index (κ3) is 4.82. The molecule has 0 fully saturated rings. The van der Waals surface area contributed by atoms with Crippen LogP contribution in [0.2, 0.25) is 18.1 Å². The summed E-state index contributed by atoms with van der Waals surface area (Å²) < 4.78 is 6.09. The largest absolute Gasteiger partial charge is 0.414 e. The van der Waals surface area contributed by atoms with Crippen molar-refractivity contribution in [3.63, 3.8) is 0 Å². The highest BCUT2D eigenvalue weighted by Gasteiger charge is 2.37. The van der Waals surface area contributed by atoms with E-state index in [2.05, 4.69) is 47.7 Å². The first-order valence-corrected chi connectivity index (χ1v) is 7.79. The normalized spacial score (nSPS) is 15.0. The topological polar surface area (TPSA) is 9.23 Å². The van der Waals surface area contributed by atoms with Crippen LogP contribution in [0, 0.1) is 0 Å². The van der Waals surface area contributed by atoms with Crippen LogP contribution in [0.25, 0.3) is 0 Å². The fourth-order valence-electron chi connectivity index (χ4n) is 0.763. The first-order valence-electron chi connectivity index (χ1n) is 4.88. The lowest BCUT2D eigenvalue weighted by molar-refractivity contribution is 0.195. The van der Waals surface area contributed by atoms with Crippen molar-refractivity contribution in [1.29, 1.82) is 0 Å². The summed E-state index contributed by atoms with van der Waals surface area (Å²) in [5.41, 5.74) is 0. The minimum Gasteiger partial charge on any atom is -0.414 e. The molecule has 0 rings (SSSR count). The van der Waals surface area contributed by atoms with Gasteiger partial charge in [-0.05, 0) is 31.5 Å². The quantitative estimate of drug-likeness (QED) is 0.617. The molecular formula is C11H28OSi. The van der Waals surface area contributed by atoms with Gasteiger partial charge in [-0.15, -0.1) is 0 Å². The number of hydrogen-bond acceptors (Lipinski definition) is 1. The zero-order valence-corrected chi connectivity index (χ0v) is 10.7. The minimum absolute atomic E-state index is 0. The second-order valence-electron chi connectivity index (χ2n) is 5.10. The third-order valence-corrected chi connectivity index (χ3v) is 7.48. The van der Waals surface area contributed by atoms with Gasteiger partial charge in [-0.2, -0.15) is 0 Å². The number of rotatable bonds is 3. The molecule has 0 aliphatic rings. The summed E-state index contributed by atoms with van der Waals surface area (Å²) in [6.45, 7) is 15.8. The molecule has 13 heavy (non-hydrogen) atoms. The Morgan fingerprint density at radius 3 is 1.85 bits per heavy atom. The Hall–Kier alpha value is 0.177. The second kappa shape index (κ2) is 5.16. The molecule has 1 nitrogen and oxygen atoms in total. The Kier molecular flexibility index (Phi) is 6.20. The van der Waals surface area contributed by atoms with Crippen LogP contribution in [-0.4, -0.2) is 14.4 Å². The average Bonchev–Trinajstić information content (AvgIpc) is 1.84. The molecule has 0 saturated heterocycles. The molecule has 0 saturated carbocycles. The molecule has 0 aliphatic carbocycles. The van der Waals surface area contributed by atoms with Crippen molar-refractivity contribution in [2.45, 2.75) is 72.7 Å². The number of hydrogen-bond donors (Lipinski definition) is 0. The van der Waals surface area contributed by atoms with Crippen LogP contribution in [0.4, 0.5) is 0 Å². The molecule has 0 aromatic heterocycles. The van der Waals surface area contributed by atoms with Crippen molar-refractivity contribution in [3.05, 3.63) is 0 Å². The van der Waals surface area contributed by atoms with Crippen LogP contribution in [0.5, 0.6) is 0 Å². The Bertz CT molecular complexity index is 136. The molecule has 1 unspecified atom stereocenters. The Morgan fingerprint density at radius 2 is 1.62 bits per heavy atom. The summed E-state index contributed by atoms with van der Waals surface area (Å²) in [5.74, 6) is 0. The molecule has 0 amide bonds. The zero-order valence-electron chi connectivity index (χ0n) is 9.69. The van der Waals surface area contributed by atoms with Gasteiger partial charge in [0.1, 0.15) is 0 Å². The van der Waals surface area contributed by atoms with Gasteiger partial charge < -0.3 is 4.43 Å². The van der Waals surface area contributed by atoms with E-state index in [1.165, 1.54) is 0 Å². The molecule has 0 aromatic rings. The Balaban J connectivity index is 0. The molecule has 0 N–H and O–H groups in total. The highest BCUT2D eigenvalue weighted by Crippen LogP contribution is 2.37. The summed E-state index contributed by atoms with van der Waals surface area (Å²) >= 11 is 0. The smallest absolute Gasteiger partial charge is 0.192 e. The molecule has 0 radical (unpaired) electrons. The van der Waals surface area contributed by atoms with Crippen molar-refractivity contribution in [3.8, 4) is 0 Å². The molecule has 0 aromatic carbocycles. The molecular weight excluding hydrogens is 176 g/mol. The van der Waals surface area contributed by atoms with Crippen molar-refractivity contribution in [1.82, 2.24) is 0 Å². The summed E-state index contributed by atoms with van der Waals surface area (Å²) in [6.07, 6.45) is 1.54. The van der Waals surface area contributed by atoms with Gasteiger partial charge in [0, 0.05) is 6.10 Å². The minimum atomic E-state index is -1.49. The average molecular weight is 204 g/mol. The Labute approximate surface area is 86.0 Å². The highest BCUT2D eigenvalue weighted by atomic mass is 28.4. The predicted molar refractivity (Wildman–Crippen MR) is 64.8 cm³/mol. The van der Waals surface area contributed by atoms with Gasteiger partial charge in [0.15, 0.2) is 8.32 Å². The molecule has 1 atom stereocenters. The van der Waals surface area contributed by atoms with Crippen molar-refractivity contribution >= 4 is 8.32 Å². The van der Waals surface area contributed by atoms with Crippen LogP contribution < -0.4 is 0 Å². The summed E-state index contributed by atoms with van der Waals surface area (Å²) in [4.78, 5) is 0. The first-order chi connectivity index (χ1) is 5.20. The maximum Gasteiger partial charge on any atom is 0.192 e. The van der Waals surface area contributed by atoms with E-state index in [4.69, 9.17) is 4.43 Å². The van der Waals surface area contributed by atoms with Gasteiger partial charge in [0.25, 0.3) is 0 Å². The van der Waals surface area contributed by atoms with E-state index in [0.717, 1.165) is 6.42 Å². The van der Waals surface area contributed by atoms with Gasteiger partial charge in [-0.3, -0.25) is 0 Å². The monoisotopic (exact) mass is 204 g/mol. The molecule has 82 valence electrons. The van der Waals surface area contributed by atoms with Gasteiger partial charge >= 0.3 is 0 Å². The summed E-state index contributed by atoms with van der Waals surface area (Å²) in [5, 5.41) is 0.344. The Morgan fingerprint density at radius 1 is 1.23 bits per heavy atom.